The number of amides is 3. The number of para-hydroxylation sites is 1. The van der Waals surface area contributed by atoms with Gasteiger partial charge in [-0.3, -0.25) is 10.1 Å². The maximum atomic E-state index is 13.5. The number of nitrogens with two attached hydrogens (primary N) is 1. The standard InChI is InChI=1S/C21H20FN3O2/c1-14(16-10-6-8-15-7-2-3-9-17(15)16)23-13-20(26)25-21(27)24-19-12-5-4-11-18(19)22/h2-12,14,23H,13H2,1H3,(H2,24,25,26,27)/p+1/t14-/m1/s1. The van der Waals surface area contributed by atoms with Crippen molar-refractivity contribution < 1.29 is 19.3 Å². The predicted molar refractivity (Wildman–Crippen MR) is 103 cm³/mol. The third-order valence-electron chi connectivity index (χ3n) is 4.35. The quantitative estimate of drug-likeness (QED) is 0.649. The lowest BCUT2D eigenvalue weighted by atomic mass is 10.00. The lowest BCUT2D eigenvalue weighted by molar-refractivity contribution is -0.682. The van der Waals surface area contributed by atoms with Crippen LogP contribution in [0.3, 0.4) is 0 Å². The van der Waals surface area contributed by atoms with Crippen LogP contribution >= 0.6 is 0 Å². The molecule has 6 heteroatoms. The molecule has 27 heavy (non-hydrogen) atoms. The van der Waals surface area contributed by atoms with Gasteiger partial charge < -0.3 is 10.6 Å². The van der Waals surface area contributed by atoms with Gasteiger partial charge in [0.15, 0.2) is 6.54 Å². The monoisotopic (exact) mass is 366 g/mol. The summed E-state index contributed by atoms with van der Waals surface area (Å²) in [6.07, 6.45) is 0. The molecular formula is C21H21FN3O2+. The summed E-state index contributed by atoms with van der Waals surface area (Å²) in [7, 11) is 0. The molecule has 0 saturated heterocycles. The number of hydrogen-bond acceptors (Lipinski definition) is 2. The molecule has 0 spiro atoms. The molecule has 3 aromatic carbocycles. The van der Waals surface area contributed by atoms with Crippen molar-refractivity contribution in [2.45, 2.75) is 13.0 Å². The van der Waals surface area contributed by atoms with Crippen molar-refractivity contribution in [1.29, 1.82) is 0 Å². The predicted octanol–water partition coefficient (Wildman–Crippen LogP) is 2.95. The normalized spacial score (nSPS) is 11.8. The van der Waals surface area contributed by atoms with E-state index in [-0.39, 0.29) is 18.3 Å². The summed E-state index contributed by atoms with van der Waals surface area (Å²) in [5.74, 6) is -1.01. The Bertz CT molecular complexity index is 969. The fraction of sp³-hybridized carbons (Fsp3) is 0.143. The number of benzene rings is 3. The van der Waals surface area contributed by atoms with Gasteiger partial charge in [0.2, 0.25) is 0 Å². The summed E-state index contributed by atoms with van der Waals surface area (Å²) in [5, 5.41) is 8.68. The van der Waals surface area contributed by atoms with E-state index in [1.807, 2.05) is 48.6 Å². The first kappa shape index (κ1) is 18.5. The van der Waals surface area contributed by atoms with Crippen LogP contribution in [0.5, 0.6) is 0 Å². The molecule has 0 aromatic heterocycles. The van der Waals surface area contributed by atoms with E-state index >= 15 is 0 Å². The van der Waals surface area contributed by atoms with Gasteiger partial charge in [0.25, 0.3) is 5.91 Å². The van der Waals surface area contributed by atoms with Gasteiger partial charge in [-0.2, -0.15) is 0 Å². The van der Waals surface area contributed by atoms with E-state index in [0.29, 0.717) is 0 Å². The molecule has 0 saturated carbocycles. The zero-order chi connectivity index (χ0) is 19.2. The molecule has 0 aliphatic carbocycles. The second-order valence-corrected chi connectivity index (χ2v) is 6.28. The maximum absolute atomic E-state index is 13.5. The van der Waals surface area contributed by atoms with Gasteiger partial charge in [-0.15, -0.1) is 0 Å². The number of rotatable bonds is 5. The molecule has 3 amide bonds. The molecule has 138 valence electrons. The van der Waals surface area contributed by atoms with Crippen LogP contribution in [0.1, 0.15) is 18.5 Å². The molecule has 3 aromatic rings. The third kappa shape index (κ3) is 4.68. The summed E-state index contributed by atoms with van der Waals surface area (Å²) in [6.45, 7) is 2.09. The van der Waals surface area contributed by atoms with Crippen molar-refractivity contribution in [3.63, 3.8) is 0 Å². The molecule has 0 bridgehead atoms. The van der Waals surface area contributed by atoms with Gasteiger partial charge in [-0.1, -0.05) is 54.6 Å². The summed E-state index contributed by atoms with van der Waals surface area (Å²) >= 11 is 0. The fourth-order valence-corrected chi connectivity index (χ4v) is 2.95. The average Bonchev–Trinajstić information content (AvgIpc) is 2.67. The highest BCUT2D eigenvalue weighted by molar-refractivity contribution is 6.01. The Morgan fingerprint density at radius 2 is 1.70 bits per heavy atom. The lowest BCUT2D eigenvalue weighted by Crippen LogP contribution is -2.87. The Hall–Kier alpha value is -3.25. The molecule has 4 N–H and O–H groups in total. The van der Waals surface area contributed by atoms with Crippen LogP contribution in [-0.4, -0.2) is 18.5 Å². The second kappa shape index (κ2) is 8.42. The van der Waals surface area contributed by atoms with Crippen molar-refractivity contribution in [2.24, 2.45) is 0 Å². The van der Waals surface area contributed by atoms with E-state index in [9.17, 15) is 14.0 Å². The number of anilines is 1. The maximum Gasteiger partial charge on any atom is 0.326 e. The van der Waals surface area contributed by atoms with Crippen molar-refractivity contribution in [2.75, 3.05) is 11.9 Å². The van der Waals surface area contributed by atoms with Gasteiger partial charge in [0.05, 0.1) is 5.69 Å². The Kier molecular flexibility index (Phi) is 5.78. The second-order valence-electron chi connectivity index (χ2n) is 6.28. The lowest BCUT2D eigenvalue weighted by Gasteiger charge is -2.13. The van der Waals surface area contributed by atoms with E-state index in [0.717, 1.165) is 16.3 Å². The Morgan fingerprint density at radius 1 is 1.00 bits per heavy atom. The molecular weight excluding hydrogens is 345 g/mol. The zero-order valence-corrected chi connectivity index (χ0v) is 14.9. The van der Waals surface area contributed by atoms with Crippen LogP contribution in [0.2, 0.25) is 0 Å². The molecule has 0 radical (unpaired) electrons. The highest BCUT2D eigenvalue weighted by Gasteiger charge is 2.16. The smallest absolute Gasteiger partial charge is 0.326 e. The number of nitrogens with one attached hydrogen (secondary N) is 2. The van der Waals surface area contributed by atoms with Crippen LogP contribution in [0.15, 0.2) is 66.7 Å². The topological polar surface area (TPSA) is 74.8 Å². The first-order chi connectivity index (χ1) is 13.0. The van der Waals surface area contributed by atoms with Crippen LogP contribution < -0.4 is 16.0 Å². The first-order valence-corrected chi connectivity index (χ1v) is 8.71. The number of quaternary nitrogens is 1. The number of carbonyl (C=O) groups excluding carboxylic acids is 2. The van der Waals surface area contributed by atoms with E-state index in [1.54, 1.807) is 6.07 Å². The van der Waals surface area contributed by atoms with E-state index < -0.39 is 17.8 Å². The van der Waals surface area contributed by atoms with Gasteiger partial charge in [-0.25, -0.2) is 9.18 Å². The summed E-state index contributed by atoms with van der Waals surface area (Å²) in [5.41, 5.74) is 1.15. The first-order valence-electron chi connectivity index (χ1n) is 8.71. The SMILES string of the molecule is C[C@@H]([NH2+]CC(=O)NC(=O)Nc1ccccc1F)c1cccc2ccccc12. The van der Waals surface area contributed by atoms with E-state index in [1.165, 1.54) is 18.2 Å². The molecule has 0 aliphatic rings. The van der Waals surface area contributed by atoms with E-state index in [2.05, 4.69) is 16.7 Å². The molecule has 0 aliphatic heterocycles. The third-order valence-corrected chi connectivity index (χ3v) is 4.35. The van der Waals surface area contributed by atoms with Crippen molar-refractivity contribution in [1.82, 2.24) is 5.32 Å². The van der Waals surface area contributed by atoms with Crippen molar-refractivity contribution in [3.05, 3.63) is 78.1 Å². The van der Waals surface area contributed by atoms with Crippen LogP contribution in [-0.2, 0) is 4.79 Å². The number of hydrogen-bond donors (Lipinski definition) is 3. The number of urea groups is 1. The minimum absolute atomic E-state index is 0.0240. The van der Waals surface area contributed by atoms with Crippen LogP contribution in [0, 0.1) is 5.82 Å². The number of halogens is 1. The minimum atomic E-state index is -0.753. The number of fused-ring (bicyclic) bond motifs is 1. The Balaban J connectivity index is 1.55. The summed E-state index contributed by atoms with van der Waals surface area (Å²) < 4.78 is 13.5. The summed E-state index contributed by atoms with van der Waals surface area (Å²) in [6, 6.07) is 19.2. The summed E-state index contributed by atoms with van der Waals surface area (Å²) in [4.78, 5) is 23.9. The zero-order valence-electron chi connectivity index (χ0n) is 14.9. The average molecular weight is 366 g/mol. The minimum Gasteiger partial charge on any atom is -0.332 e. The molecule has 0 heterocycles. The molecule has 0 unspecified atom stereocenters. The Labute approximate surface area is 156 Å². The van der Waals surface area contributed by atoms with Gasteiger partial charge in [-0.05, 0) is 29.8 Å². The highest BCUT2D eigenvalue weighted by Crippen LogP contribution is 2.22. The fourth-order valence-electron chi connectivity index (χ4n) is 2.95. The van der Waals surface area contributed by atoms with E-state index in [4.69, 9.17) is 0 Å². The largest absolute Gasteiger partial charge is 0.332 e. The Morgan fingerprint density at radius 3 is 2.52 bits per heavy atom. The van der Waals surface area contributed by atoms with Gasteiger partial charge in [0.1, 0.15) is 11.9 Å². The number of imide groups is 1. The van der Waals surface area contributed by atoms with Crippen LogP contribution in [0.25, 0.3) is 10.8 Å². The van der Waals surface area contributed by atoms with Gasteiger partial charge in [0, 0.05) is 5.56 Å². The molecule has 1 atom stereocenters. The van der Waals surface area contributed by atoms with Gasteiger partial charge >= 0.3 is 6.03 Å². The van der Waals surface area contributed by atoms with Crippen molar-refractivity contribution >= 4 is 28.4 Å². The number of carbonyl (C=O) groups is 2. The highest BCUT2D eigenvalue weighted by atomic mass is 19.1. The van der Waals surface area contributed by atoms with Crippen molar-refractivity contribution in [3.8, 4) is 0 Å². The molecule has 3 rings (SSSR count). The molecule has 5 nitrogen and oxygen atoms in total. The molecule has 0 fully saturated rings. The van der Waals surface area contributed by atoms with Crippen LogP contribution in [0.4, 0.5) is 14.9 Å².